The van der Waals surface area contributed by atoms with Crippen LogP contribution < -0.4 is 4.74 Å². The number of rotatable bonds is 9. The first-order chi connectivity index (χ1) is 14.4. The van der Waals surface area contributed by atoms with Gasteiger partial charge >= 0.3 is 6.61 Å². The topological polar surface area (TPSA) is 9.23 Å². The Labute approximate surface area is 172 Å². The number of hydrogen-bond donors (Lipinski definition) is 0. The van der Waals surface area contributed by atoms with Crippen molar-refractivity contribution in [2.75, 3.05) is 0 Å². The Morgan fingerprint density at radius 2 is 1.50 bits per heavy atom. The number of halogens is 5. The van der Waals surface area contributed by atoms with Crippen LogP contribution in [0.25, 0.3) is 21.9 Å². The third-order valence-corrected chi connectivity index (χ3v) is 5.10. The van der Waals surface area contributed by atoms with E-state index in [2.05, 4.69) is 11.7 Å². The first-order valence-electron chi connectivity index (χ1n) is 10.1. The quantitative estimate of drug-likeness (QED) is 0.250. The first kappa shape index (κ1) is 22.1. The van der Waals surface area contributed by atoms with Crippen molar-refractivity contribution >= 4 is 10.8 Å². The van der Waals surface area contributed by atoms with Crippen molar-refractivity contribution in [1.82, 2.24) is 0 Å². The van der Waals surface area contributed by atoms with E-state index >= 15 is 0 Å². The van der Waals surface area contributed by atoms with Crippen LogP contribution in [0.2, 0.25) is 0 Å². The smallest absolute Gasteiger partial charge is 0.387 e. The van der Waals surface area contributed by atoms with E-state index in [4.69, 9.17) is 0 Å². The fourth-order valence-electron chi connectivity index (χ4n) is 3.55. The Bertz CT molecular complexity index is 999. The molecule has 0 saturated heterocycles. The van der Waals surface area contributed by atoms with E-state index < -0.39 is 35.2 Å². The van der Waals surface area contributed by atoms with Crippen molar-refractivity contribution in [2.24, 2.45) is 0 Å². The van der Waals surface area contributed by atoms with Gasteiger partial charge in [-0.2, -0.15) is 8.78 Å². The van der Waals surface area contributed by atoms with E-state index in [1.807, 2.05) is 24.3 Å². The van der Waals surface area contributed by atoms with Gasteiger partial charge in [-0.15, -0.1) is 0 Å². The van der Waals surface area contributed by atoms with Crippen molar-refractivity contribution in [3.8, 4) is 16.9 Å². The second-order valence-corrected chi connectivity index (χ2v) is 7.30. The lowest BCUT2D eigenvalue weighted by Gasteiger charge is -2.12. The van der Waals surface area contributed by atoms with Crippen LogP contribution in [0.1, 0.15) is 44.6 Å². The maximum atomic E-state index is 14.6. The molecular formula is C24H23F5O. The van der Waals surface area contributed by atoms with E-state index in [1.165, 1.54) is 37.3 Å². The van der Waals surface area contributed by atoms with Crippen LogP contribution in [-0.4, -0.2) is 6.61 Å². The van der Waals surface area contributed by atoms with Gasteiger partial charge in [-0.1, -0.05) is 56.9 Å². The van der Waals surface area contributed by atoms with Crippen molar-refractivity contribution in [2.45, 2.75) is 52.1 Å². The zero-order valence-corrected chi connectivity index (χ0v) is 16.7. The van der Waals surface area contributed by atoms with Gasteiger partial charge in [0.05, 0.1) is 5.39 Å². The lowest BCUT2D eigenvalue weighted by Crippen LogP contribution is -2.06. The summed E-state index contributed by atoms with van der Waals surface area (Å²) >= 11 is 0. The molecule has 0 radical (unpaired) electrons. The molecule has 0 saturated carbocycles. The molecule has 0 aliphatic rings. The summed E-state index contributed by atoms with van der Waals surface area (Å²) in [5.74, 6) is -5.05. The third kappa shape index (κ3) is 5.10. The summed E-state index contributed by atoms with van der Waals surface area (Å²) < 4.78 is 71.7. The number of aryl methyl sites for hydroxylation is 1. The van der Waals surface area contributed by atoms with E-state index in [1.54, 1.807) is 0 Å². The Kier molecular flexibility index (Phi) is 7.29. The molecule has 3 rings (SSSR count). The zero-order chi connectivity index (χ0) is 21.7. The summed E-state index contributed by atoms with van der Waals surface area (Å²) in [5.41, 5.74) is 2.30. The molecule has 0 aliphatic heterocycles. The van der Waals surface area contributed by atoms with Crippen LogP contribution in [0.4, 0.5) is 22.0 Å². The minimum Gasteiger partial charge on any atom is -0.429 e. The summed E-state index contributed by atoms with van der Waals surface area (Å²) in [5, 5.41) is -0.652. The standard InChI is InChI=1S/C24H23F5O/c1-2-3-4-5-6-7-15-8-10-16(11-9-15)17-12-18-14-20(26)23(30-24(28)29)22(27)21(18)19(25)13-17/h8-14,24H,2-7H2,1H3. The monoisotopic (exact) mass is 422 g/mol. The van der Waals surface area contributed by atoms with Gasteiger partial charge in [-0.25, -0.2) is 13.2 Å². The van der Waals surface area contributed by atoms with Gasteiger partial charge in [0.2, 0.25) is 0 Å². The highest BCUT2D eigenvalue weighted by molar-refractivity contribution is 5.89. The number of hydrogen-bond acceptors (Lipinski definition) is 1. The van der Waals surface area contributed by atoms with Gasteiger partial charge in [0, 0.05) is 0 Å². The molecule has 0 aromatic heterocycles. The van der Waals surface area contributed by atoms with E-state index in [9.17, 15) is 22.0 Å². The minimum atomic E-state index is -3.42. The molecule has 0 N–H and O–H groups in total. The molecule has 3 aromatic rings. The van der Waals surface area contributed by atoms with Crippen molar-refractivity contribution in [1.29, 1.82) is 0 Å². The largest absolute Gasteiger partial charge is 0.429 e. The molecule has 0 amide bonds. The van der Waals surface area contributed by atoms with Crippen molar-refractivity contribution in [3.05, 3.63) is 65.5 Å². The SMILES string of the molecule is CCCCCCCc1ccc(-c2cc(F)c3c(F)c(OC(F)F)c(F)cc3c2)cc1. The van der Waals surface area contributed by atoms with Gasteiger partial charge in [0.1, 0.15) is 5.82 Å². The lowest BCUT2D eigenvalue weighted by atomic mass is 9.98. The molecule has 1 nitrogen and oxygen atoms in total. The normalized spacial score (nSPS) is 11.4. The van der Waals surface area contributed by atoms with E-state index in [0.29, 0.717) is 11.1 Å². The number of ether oxygens (including phenoxy) is 1. The predicted octanol–water partition coefficient (Wildman–Crippen LogP) is 8.04. The molecule has 0 bridgehead atoms. The maximum absolute atomic E-state index is 14.6. The van der Waals surface area contributed by atoms with Crippen molar-refractivity contribution in [3.63, 3.8) is 0 Å². The van der Waals surface area contributed by atoms with Crippen LogP contribution in [0, 0.1) is 17.5 Å². The molecule has 0 aliphatic carbocycles. The second-order valence-electron chi connectivity index (χ2n) is 7.30. The van der Waals surface area contributed by atoms with Crippen LogP contribution in [0.3, 0.4) is 0 Å². The molecular weight excluding hydrogens is 399 g/mol. The van der Waals surface area contributed by atoms with Crippen LogP contribution in [0.15, 0.2) is 42.5 Å². The van der Waals surface area contributed by atoms with Gasteiger partial charge in [0.25, 0.3) is 0 Å². The highest BCUT2D eigenvalue weighted by Crippen LogP contribution is 2.35. The van der Waals surface area contributed by atoms with E-state index in [-0.39, 0.29) is 5.39 Å². The molecule has 0 unspecified atom stereocenters. The number of alkyl halides is 2. The first-order valence-corrected chi connectivity index (χ1v) is 10.1. The van der Waals surface area contributed by atoms with Gasteiger partial charge in [0.15, 0.2) is 17.4 Å². The number of unbranched alkanes of at least 4 members (excludes halogenated alkanes) is 4. The summed E-state index contributed by atoms with van der Waals surface area (Å²) in [7, 11) is 0. The Morgan fingerprint density at radius 3 is 2.17 bits per heavy atom. The number of benzene rings is 3. The van der Waals surface area contributed by atoms with Crippen LogP contribution in [0.5, 0.6) is 5.75 Å². The molecule has 30 heavy (non-hydrogen) atoms. The summed E-state index contributed by atoms with van der Waals surface area (Å²) in [6, 6.07) is 10.9. The second kappa shape index (κ2) is 9.92. The predicted molar refractivity (Wildman–Crippen MR) is 108 cm³/mol. The van der Waals surface area contributed by atoms with Crippen LogP contribution >= 0.6 is 0 Å². The fraction of sp³-hybridized carbons (Fsp3) is 0.333. The molecule has 160 valence electrons. The zero-order valence-electron chi connectivity index (χ0n) is 16.7. The maximum Gasteiger partial charge on any atom is 0.387 e. The van der Waals surface area contributed by atoms with Gasteiger partial charge in [-0.3, -0.25) is 0 Å². The Hall–Kier alpha value is -2.63. The average molecular weight is 422 g/mol. The van der Waals surface area contributed by atoms with Gasteiger partial charge in [-0.05, 0) is 53.1 Å². The molecule has 0 atom stereocenters. The number of fused-ring (bicyclic) bond motifs is 1. The molecule has 3 aromatic carbocycles. The Balaban J connectivity index is 1.84. The third-order valence-electron chi connectivity index (χ3n) is 5.10. The summed E-state index contributed by atoms with van der Waals surface area (Å²) in [6.07, 6.45) is 6.90. The molecule has 6 heteroatoms. The van der Waals surface area contributed by atoms with Crippen molar-refractivity contribution < 1.29 is 26.7 Å². The molecule has 0 spiro atoms. The van der Waals surface area contributed by atoms with Crippen LogP contribution in [-0.2, 0) is 6.42 Å². The fourth-order valence-corrected chi connectivity index (χ4v) is 3.55. The van der Waals surface area contributed by atoms with E-state index in [0.717, 1.165) is 25.0 Å². The summed E-state index contributed by atoms with van der Waals surface area (Å²) in [4.78, 5) is 0. The Morgan fingerprint density at radius 1 is 0.800 bits per heavy atom. The minimum absolute atomic E-state index is 0.0679. The molecule has 0 fully saturated rings. The highest BCUT2D eigenvalue weighted by atomic mass is 19.3. The molecule has 0 heterocycles. The average Bonchev–Trinajstić information content (AvgIpc) is 2.70. The lowest BCUT2D eigenvalue weighted by molar-refractivity contribution is -0.0544. The summed E-state index contributed by atoms with van der Waals surface area (Å²) in [6.45, 7) is -1.24. The highest BCUT2D eigenvalue weighted by Gasteiger charge is 2.21. The van der Waals surface area contributed by atoms with Gasteiger partial charge < -0.3 is 4.74 Å².